The van der Waals surface area contributed by atoms with E-state index in [4.69, 9.17) is 0 Å². The Kier molecular flexibility index (Phi) is 5.14. The van der Waals surface area contributed by atoms with Crippen molar-refractivity contribution in [2.24, 2.45) is 5.41 Å². The molecule has 4 rings (SSSR count). The van der Waals surface area contributed by atoms with E-state index in [0.717, 1.165) is 30.4 Å². The summed E-state index contributed by atoms with van der Waals surface area (Å²) in [7, 11) is -2.83. The lowest BCUT2D eigenvalue weighted by molar-refractivity contribution is -0.00466. The Morgan fingerprint density at radius 2 is 1.42 bits per heavy atom. The molecule has 1 saturated carbocycles. The second-order valence-corrected chi connectivity index (χ2v) is 10.8. The Morgan fingerprint density at radius 1 is 0.923 bits per heavy atom. The quantitative estimate of drug-likeness (QED) is 0.461. The molecule has 2 aromatic rings. The Bertz CT molecular complexity index is 807. The fourth-order valence-corrected chi connectivity index (χ4v) is 9.55. The molecule has 1 saturated heterocycles. The molecule has 0 bridgehead atoms. The summed E-state index contributed by atoms with van der Waals surface area (Å²) in [4.78, 5) is 2.53. The van der Waals surface area contributed by atoms with Gasteiger partial charge in [0.25, 0.3) is 0 Å². The minimum Gasteiger partial charge on any atom is -0.292 e. The summed E-state index contributed by atoms with van der Waals surface area (Å²) in [6.07, 6.45) is 2.03. The number of hydrogen-bond acceptors (Lipinski definition) is 3. The fourth-order valence-electron chi connectivity index (χ4n) is 4.60. The van der Waals surface area contributed by atoms with E-state index in [0.29, 0.717) is 11.8 Å². The van der Waals surface area contributed by atoms with Gasteiger partial charge in [-0.25, -0.2) is 8.42 Å². The van der Waals surface area contributed by atoms with Gasteiger partial charge >= 0.3 is 0 Å². The molecule has 2 aromatic carbocycles. The zero-order valence-electron chi connectivity index (χ0n) is 14.7. The lowest BCUT2D eigenvalue weighted by Crippen LogP contribution is -2.68. The maximum Gasteiger partial charge on any atom is 0.155 e. The Labute approximate surface area is 169 Å². The van der Waals surface area contributed by atoms with Crippen LogP contribution in [0, 0.1) is 5.41 Å². The van der Waals surface area contributed by atoms with Crippen LogP contribution in [0.2, 0.25) is 0 Å². The van der Waals surface area contributed by atoms with Gasteiger partial charge < -0.3 is 0 Å². The van der Waals surface area contributed by atoms with Gasteiger partial charge in [-0.1, -0.05) is 83.3 Å². The van der Waals surface area contributed by atoms with Gasteiger partial charge in [0.15, 0.2) is 9.84 Å². The fraction of sp³-hybridized carbons (Fsp3) is 0.429. The highest BCUT2D eigenvalue weighted by molar-refractivity contribution is 14.1. The number of hydrogen-bond donors (Lipinski definition) is 0. The third-order valence-electron chi connectivity index (χ3n) is 6.00. The first-order valence-electron chi connectivity index (χ1n) is 9.12. The van der Waals surface area contributed by atoms with Gasteiger partial charge in [0.05, 0.1) is 11.0 Å². The van der Waals surface area contributed by atoms with Crippen molar-refractivity contribution < 1.29 is 8.42 Å². The molecule has 0 radical (unpaired) electrons. The first kappa shape index (κ1) is 18.4. The van der Waals surface area contributed by atoms with E-state index in [1.807, 2.05) is 12.1 Å². The van der Waals surface area contributed by atoms with Gasteiger partial charge in [-0.2, -0.15) is 0 Å². The van der Waals surface area contributed by atoms with E-state index in [1.165, 1.54) is 11.1 Å². The molecular weight excluding hydrogens is 457 g/mol. The summed E-state index contributed by atoms with van der Waals surface area (Å²) < 4.78 is 24.9. The van der Waals surface area contributed by atoms with Crippen LogP contribution in [-0.4, -0.2) is 34.8 Å². The molecule has 0 N–H and O–H groups in total. The van der Waals surface area contributed by atoms with Gasteiger partial charge in [-0.3, -0.25) is 4.90 Å². The largest absolute Gasteiger partial charge is 0.292 e. The Balaban J connectivity index is 1.49. The lowest BCUT2D eigenvalue weighted by Gasteiger charge is -2.60. The molecule has 1 atom stereocenters. The zero-order chi connectivity index (χ0) is 18.2. The van der Waals surface area contributed by atoms with Crippen molar-refractivity contribution in [3.8, 4) is 0 Å². The molecular formula is C21H24INO2S. The van der Waals surface area contributed by atoms with Crippen molar-refractivity contribution in [2.45, 2.75) is 37.2 Å². The van der Waals surface area contributed by atoms with Gasteiger partial charge in [-0.05, 0) is 24.0 Å². The van der Waals surface area contributed by atoms with Crippen molar-refractivity contribution in [3.63, 3.8) is 0 Å². The molecule has 3 nitrogen and oxygen atoms in total. The van der Waals surface area contributed by atoms with E-state index in [-0.39, 0.29) is 10.7 Å². The van der Waals surface area contributed by atoms with Crippen LogP contribution in [0.4, 0.5) is 0 Å². The Hall–Kier alpha value is -0.920. The number of sulfone groups is 1. The van der Waals surface area contributed by atoms with Crippen molar-refractivity contribution in [3.05, 3.63) is 71.8 Å². The predicted octanol–water partition coefficient (Wildman–Crippen LogP) is 4.07. The molecule has 1 unspecified atom stereocenters. The average molecular weight is 481 g/mol. The summed E-state index contributed by atoms with van der Waals surface area (Å²) >= 11 is 2.24. The highest BCUT2D eigenvalue weighted by atomic mass is 127. The van der Waals surface area contributed by atoms with E-state index in [9.17, 15) is 8.42 Å². The summed E-state index contributed by atoms with van der Waals surface area (Å²) in [5.74, 6) is 0.398. The summed E-state index contributed by atoms with van der Waals surface area (Å²) in [5.41, 5.74) is 2.68. The van der Waals surface area contributed by atoms with Crippen molar-refractivity contribution >= 4 is 32.4 Å². The summed E-state index contributed by atoms with van der Waals surface area (Å²) in [5, 5.41) is -0.123. The third-order valence-corrected chi connectivity index (χ3v) is 9.99. The number of rotatable bonds is 6. The van der Waals surface area contributed by atoms with Crippen LogP contribution in [0.5, 0.6) is 0 Å². The van der Waals surface area contributed by atoms with E-state index in [2.05, 4.69) is 76.0 Å². The zero-order valence-corrected chi connectivity index (χ0v) is 17.7. The van der Waals surface area contributed by atoms with Crippen LogP contribution in [0.3, 0.4) is 0 Å². The molecule has 138 valence electrons. The molecule has 2 fully saturated rings. The van der Waals surface area contributed by atoms with Crippen molar-refractivity contribution in [1.82, 2.24) is 4.90 Å². The van der Waals surface area contributed by atoms with Gasteiger partial charge in [-0.15, -0.1) is 0 Å². The third kappa shape index (κ3) is 3.45. The Morgan fingerprint density at radius 3 is 1.85 bits per heavy atom. The van der Waals surface area contributed by atoms with Crippen molar-refractivity contribution in [2.75, 3.05) is 10.2 Å². The SMILES string of the molecule is O=S1(=O)CC2(CC(N(Cc3ccccc3)Cc3ccccc3)C2)C1CI. The number of nitrogens with zero attached hydrogens (tertiary/aromatic N) is 1. The monoisotopic (exact) mass is 481 g/mol. The molecule has 0 aromatic heterocycles. The van der Waals surface area contributed by atoms with Gasteiger partial charge in [0, 0.05) is 29.0 Å². The summed E-state index contributed by atoms with van der Waals surface area (Å²) in [6.45, 7) is 1.83. The van der Waals surface area contributed by atoms with Crippen LogP contribution >= 0.6 is 22.6 Å². The van der Waals surface area contributed by atoms with E-state index in [1.54, 1.807) is 0 Å². The number of alkyl halides is 1. The molecule has 2 aliphatic rings. The number of benzene rings is 2. The van der Waals surface area contributed by atoms with Crippen LogP contribution in [0.25, 0.3) is 0 Å². The molecule has 1 aliphatic heterocycles. The summed E-state index contributed by atoms with van der Waals surface area (Å²) in [6, 6.07) is 21.6. The van der Waals surface area contributed by atoms with Crippen LogP contribution in [0.15, 0.2) is 60.7 Å². The normalized spacial score (nSPS) is 29.3. The lowest BCUT2D eigenvalue weighted by atomic mass is 9.63. The smallest absolute Gasteiger partial charge is 0.155 e. The molecule has 5 heteroatoms. The number of halogens is 1. The highest BCUT2D eigenvalue weighted by Crippen LogP contribution is 2.57. The van der Waals surface area contributed by atoms with Crippen LogP contribution in [0.1, 0.15) is 24.0 Å². The molecule has 1 aliphatic carbocycles. The maximum atomic E-state index is 12.1. The molecule has 1 spiro atoms. The molecule has 1 heterocycles. The molecule has 26 heavy (non-hydrogen) atoms. The van der Waals surface area contributed by atoms with Gasteiger partial charge in [0.1, 0.15) is 0 Å². The first-order chi connectivity index (χ1) is 12.5. The van der Waals surface area contributed by atoms with E-state index < -0.39 is 9.84 Å². The predicted molar refractivity (Wildman–Crippen MR) is 114 cm³/mol. The van der Waals surface area contributed by atoms with Gasteiger partial charge in [0.2, 0.25) is 0 Å². The minimum absolute atomic E-state index is 0.0519. The molecule has 0 amide bonds. The van der Waals surface area contributed by atoms with Crippen LogP contribution < -0.4 is 0 Å². The standard InChI is InChI=1S/C21H24INO2S/c22-13-20-21(16-26(20,24)25)11-19(12-21)23(14-17-7-3-1-4-8-17)15-18-9-5-2-6-10-18/h1-10,19-20H,11-16H2. The van der Waals surface area contributed by atoms with E-state index >= 15 is 0 Å². The average Bonchev–Trinajstić information content (AvgIpc) is 2.59. The first-order valence-corrected chi connectivity index (χ1v) is 12.4. The second kappa shape index (κ2) is 7.24. The maximum absolute atomic E-state index is 12.1. The highest BCUT2D eigenvalue weighted by Gasteiger charge is 2.64. The minimum atomic E-state index is -2.83. The topological polar surface area (TPSA) is 37.4 Å². The van der Waals surface area contributed by atoms with Crippen LogP contribution in [-0.2, 0) is 22.9 Å². The second-order valence-electron chi connectivity index (χ2n) is 7.75. The van der Waals surface area contributed by atoms with Crippen molar-refractivity contribution in [1.29, 1.82) is 0 Å².